The largest absolute Gasteiger partial charge is 0.422 e. The van der Waals surface area contributed by atoms with Crippen molar-refractivity contribution in [2.45, 2.75) is 6.92 Å². The van der Waals surface area contributed by atoms with Gasteiger partial charge in [0, 0.05) is 16.5 Å². The maximum absolute atomic E-state index is 13.2. The Labute approximate surface area is 172 Å². The summed E-state index contributed by atoms with van der Waals surface area (Å²) < 4.78 is 5.72. The van der Waals surface area contributed by atoms with Crippen LogP contribution in [-0.4, -0.2) is 0 Å². The lowest BCUT2D eigenvalue weighted by Crippen LogP contribution is -2.08. The molecule has 2 nitrogen and oxygen atoms in total. The summed E-state index contributed by atoms with van der Waals surface area (Å²) in [6.45, 7) is 2.08. The molecule has 0 bridgehead atoms. The van der Waals surface area contributed by atoms with E-state index in [2.05, 4.69) is 31.2 Å². The van der Waals surface area contributed by atoms with Crippen LogP contribution in [0.2, 0.25) is 5.02 Å². The number of allylic oxidation sites excluding steroid dienone is 3. The first-order valence-electron chi connectivity index (χ1n) is 9.53. The highest BCUT2D eigenvalue weighted by Gasteiger charge is 2.39. The van der Waals surface area contributed by atoms with Gasteiger partial charge in [-0.2, -0.15) is 0 Å². The Balaban J connectivity index is 1.85. The summed E-state index contributed by atoms with van der Waals surface area (Å²) in [6, 6.07) is 24.0. The fourth-order valence-corrected chi connectivity index (χ4v) is 5.06. The van der Waals surface area contributed by atoms with Gasteiger partial charge in [0.2, 0.25) is 0 Å². The molecule has 138 valence electrons. The predicted molar refractivity (Wildman–Crippen MR) is 119 cm³/mol. The molecule has 2 aliphatic rings. The van der Waals surface area contributed by atoms with Gasteiger partial charge in [-0.3, -0.25) is 0 Å². The van der Waals surface area contributed by atoms with Crippen LogP contribution >= 0.6 is 11.6 Å². The topological polar surface area (TPSA) is 30.2 Å². The average molecular weight is 395 g/mol. The normalized spacial score (nSPS) is 14.4. The molecule has 0 saturated heterocycles. The Kier molecular flexibility index (Phi) is 3.33. The molecule has 1 aromatic heterocycles. The van der Waals surface area contributed by atoms with Gasteiger partial charge in [0.05, 0.1) is 10.6 Å². The summed E-state index contributed by atoms with van der Waals surface area (Å²) in [4.78, 5) is 13.2. The van der Waals surface area contributed by atoms with Crippen molar-refractivity contribution in [2.24, 2.45) is 0 Å². The van der Waals surface area contributed by atoms with Crippen LogP contribution in [0.3, 0.4) is 0 Å². The lowest BCUT2D eigenvalue weighted by molar-refractivity contribution is 0.558. The van der Waals surface area contributed by atoms with Gasteiger partial charge in [-0.15, -0.1) is 0 Å². The SMILES string of the molecule is CC1=C2C(=C(c3ccccc3)c3ccccc32)c2c1c1c(Cl)cccc1oc2=O. The summed E-state index contributed by atoms with van der Waals surface area (Å²) in [7, 11) is 0. The second-order valence-corrected chi connectivity index (χ2v) is 7.82. The third kappa shape index (κ3) is 2.10. The van der Waals surface area contributed by atoms with Gasteiger partial charge in [-0.25, -0.2) is 4.79 Å². The molecule has 4 aromatic rings. The predicted octanol–water partition coefficient (Wildman–Crippen LogP) is 6.66. The number of rotatable bonds is 1. The van der Waals surface area contributed by atoms with Gasteiger partial charge in [0.1, 0.15) is 5.58 Å². The van der Waals surface area contributed by atoms with Gasteiger partial charge in [-0.1, -0.05) is 72.3 Å². The highest BCUT2D eigenvalue weighted by Crippen LogP contribution is 2.57. The Bertz CT molecular complexity index is 1470. The van der Waals surface area contributed by atoms with Crippen LogP contribution < -0.4 is 5.63 Å². The van der Waals surface area contributed by atoms with E-state index in [1.54, 1.807) is 6.07 Å². The van der Waals surface area contributed by atoms with Crippen LogP contribution in [0.15, 0.2) is 82.0 Å². The van der Waals surface area contributed by atoms with Crippen LogP contribution in [0.5, 0.6) is 0 Å². The van der Waals surface area contributed by atoms with Gasteiger partial charge in [0.15, 0.2) is 0 Å². The second-order valence-electron chi connectivity index (χ2n) is 7.41. The molecule has 3 heteroatoms. The van der Waals surface area contributed by atoms with Crippen LogP contribution in [-0.2, 0) is 0 Å². The fourth-order valence-electron chi connectivity index (χ4n) is 4.79. The summed E-state index contributed by atoms with van der Waals surface area (Å²) in [5.41, 5.74) is 9.31. The lowest BCUT2D eigenvalue weighted by atomic mass is 9.93. The zero-order valence-electron chi connectivity index (χ0n) is 15.6. The van der Waals surface area contributed by atoms with Crippen molar-refractivity contribution in [2.75, 3.05) is 0 Å². The smallest absolute Gasteiger partial charge is 0.344 e. The van der Waals surface area contributed by atoms with Gasteiger partial charge in [0.25, 0.3) is 0 Å². The number of benzene rings is 3. The third-order valence-corrected chi connectivity index (χ3v) is 6.23. The van der Waals surface area contributed by atoms with Crippen molar-refractivity contribution in [3.63, 3.8) is 0 Å². The highest BCUT2D eigenvalue weighted by atomic mass is 35.5. The van der Waals surface area contributed by atoms with Gasteiger partial charge >= 0.3 is 5.63 Å². The molecule has 0 atom stereocenters. The molecule has 0 fully saturated rings. The molecule has 29 heavy (non-hydrogen) atoms. The van der Waals surface area contributed by atoms with Crippen LogP contribution in [0.4, 0.5) is 0 Å². The molecule has 0 amide bonds. The van der Waals surface area contributed by atoms with E-state index in [0.717, 1.165) is 49.9 Å². The van der Waals surface area contributed by atoms with Crippen molar-refractivity contribution >= 4 is 44.9 Å². The highest BCUT2D eigenvalue weighted by molar-refractivity contribution is 6.39. The number of halogens is 1. The molecule has 0 spiro atoms. The lowest BCUT2D eigenvalue weighted by Gasteiger charge is -2.11. The van der Waals surface area contributed by atoms with E-state index in [1.165, 1.54) is 0 Å². The standard InChI is InChI=1S/C26H15ClO2/c1-14-20-16-10-5-6-11-17(16)22(15-8-3-2-4-9-15)24(20)25-21(14)23-18(27)12-7-13-19(23)29-26(25)28/h2-13H,1H3. The maximum atomic E-state index is 13.2. The molecular formula is C26H15ClO2. The minimum Gasteiger partial charge on any atom is -0.422 e. The van der Waals surface area contributed by atoms with E-state index >= 15 is 0 Å². The van der Waals surface area contributed by atoms with E-state index in [1.807, 2.05) is 42.5 Å². The molecule has 0 N–H and O–H groups in total. The zero-order chi connectivity index (χ0) is 19.7. The Morgan fingerprint density at radius 1 is 0.724 bits per heavy atom. The first-order chi connectivity index (χ1) is 14.2. The van der Waals surface area contributed by atoms with Crippen LogP contribution in [0.25, 0.3) is 33.3 Å². The van der Waals surface area contributed by atoms with Crippen molar-refractivity contribution in [1.82, 2.24) is 0 Å². The molecule has 0 aliphatic heterocycles. The molecule has 3 aromatic carbocycles. The summed E-state index contributed by atoms with van der Waals surface area (Å²) in [5.74, 6) is 0. The van der Waals surface area contributed by atoms with Gasteiger partial charge in [-0.05, 0) is 52.5 Å². The molecule has 0 saturated carbocycles. The van der Waals surface area contributed by atoms with Crippen LogP contribution in [0.1, 0.15) is 34.7 Å². The monoisotopic (exact) mass is 394 g/mol. The Hall–Kier alpha value is -3.36. The van der Waals surface area contributed by atoms with Gasteiger partial charge < -0.3 is 4.42 Å². The Morgan fingerprint density at radius 2 is 1.41 bits per heavy atom. The maximum Gasteiger partial charge on any atom is 0.344 e. The Morgan fingerprint density at radius 3 is 2.17 bits per heavy atom. The van der Waals surface area contributed by atoms with E-state index in [-0.39, 0.29) is 5.63 Å². The number of fused-ring (bicyclic) bond motifs is 7. The molecule has 6 rings (SSSR count). The van der Waals surface area contributed by atoms with E-state index in [4.69, 9.17) is 16.0 Å². The number of hydrogen-bond acceptors (Lipinski definition) is 2. The van der Waals surface area contributed by atoms with Crippen molar-refractivity contribution in [3.8, 4) is 0 Å². The zero-order valence-corrected chi connectivity index (χ0v) is 16.4. The average Bonchev–Trinajstić information content (AvgIpc) is 3.22. The summed E-state index contributed by atoms with van der Waals surface area (Å²) >= 11 is 6.57. The van der Waals surface area contributed by atoms with Crippen molar-refractivity contribution in [3.05, 3.63) is 116 Å². The van der Waals surface area contributed by atoms with E-state index in [9.17, 15) is 4.79 Å². The summed E-state index contributed by atoms with van der Waals surface area (Å²) in [6.07, 6.45) is 0. The molecule has 2 aliphatic carbocycles. The second kappa shape index (κ2) is 5.82. The number of hydrogen-bond donors (Lipinski definition) is 0. The minimum atomic E-state index is -0.319. The van der Waals surface area contributed by atoms with E-state index in [0.29, 0.717) is 16.2 Å². The third-order valence-electron chi connectivity index (χ3n) is 5.91. The molecule has 0 radical (unpaired) electrons. The fraction of sp³-hybridized carbons (Fsp3) is 0.0385. The first kappa shape index (κ1) is 16.6. The minimum absolute atomic E-state index is 0.319. The summed E-state index contributed by atoms with van der Waals surface area (Å²) in [5, 5.41) is 1.40. The molecule has 0 unspecified atom stereocenters. The van der Waals surface area contributed by atoms with E-state index < -0.39 is 0 Å². The quantitative estimate of drug-likeness (QED) is 0.338. The van der Waals surface area contributed by atoms with Crippen molar-refractivity contribution in [1.29, 1.82) is 0 Å². The first-order valence-corrected chi connectivity index (χ1v) is 9.91. The molecular weight excluding hydrogens is 380 g/mol. The van der Waals surface area contributed by atoms with Crippen LogP contribution in [0, 0.1) is 0 Å². The molecule has 1 heterocycles. The van der Waals surface area contributed by atoms with Crippen molar-refractivity contribution < 1.29 is 4.42 Å².